The number of piperidine rings is 1. The molecule has 1 aliphatic heterocycles. The van der Waals surface area contributed by atoms with Gasteiger partial charge in [0, 0.05) is 25.0 Å². The van der Waals surface area contributed by atoms with E-state index in [2.05, 4.69) is 18.1 Å². The lowest BCUT2D eigenvalue weighted by molar-refractivity contribution is -0.139. The van der Waals surface area contributed by atoms with Crippen LogP contribution in [0.25, 0.3) is 0 Å². The fourth-order valence-electron chi connectivity index (χ4n) is 1.75. The molecule has 3 nitrogen and oxygen atoms in total. The minimum absolute atomic E-state index is 0.289. The summed E-state index contributed by atoms with van der Waals surface area (Å²) in [6.07, 6.45) is -3.96. The highest BCUT2D eigenvalue weighted by atomic mass is 32.1. The average Bonchev–Trinajstić information content (AvgIpc) is 2.21. The third kappa shape index (κ3) is 4.75. The van der Waals surface area contributed by atoms with E-state index >= 15 is 0 Å². The number of hydrogen-bond donors (Lipinski definition) is 2. The molecule has 0 aliphatic carbocycles. The predicted molar refractivity (Wildman–Crippen MR) is 61.6 cm³/mol. The number of nitrogens with one attached hydrogen (secondary N) is 1. The van der Waals surface area contributed by atoms with Crippen LogP contribution in [-0.4, -0.2) is 36.0 Å². The highest BCUT2D eigenvalue weighted by molar-refractivity contribution is 7.77. The van der Waals surface area contributed by atoms with E-state index in [0.717, 1.165) is 0 Å². The van der Waals surface area contributed by atoms with Crippen LogP contribution in [0.3, 0.4) is 0 Å². The molecule has 1 heterocycles. The van der Waals surface area contributed by atoms with Crippen molar-refractivity contribution >= 4 is 18.7 Å². The van der Waals surface area contributed by atoms with Crippen molar-refractivity contribution in [2.24, 2.45) is 5.41 Å². The molecule has 1 amide bonds. The first-order chi connectivity index (χ1) is 7.73. The van der Waals surface area contributed by atoms with Crippen LogP contribution in [0, 0.1) is 5.41 Å². The maximum Gasteiger partial charge on any atom is 0.390 e. The quantitative estimate of drug-likeness (QED) is 0.769. The Morgan fingerprint density at radius 2 is 1.94 bits per heavy atom. The lowest BCUT2D eigenvalue weighted by Crippen LogP contribution is -2.45. The van der Waals surface area contributed by atoms with Crippen molar-refractivity contribution in [2.45, 2.75) is 32.4 Å². The summed E-state index contributed by atoms with van der Waals surface area (Å²) in [5.74, 6) is -0.289. The fourth-order valence-corrected chi connectivity index (χ4v) is 1.95. The second-order valence-electron chi connectivity index (χ2n) is 4.64. The Balaban J connectivity index is 2.37. The van der Waals surface area contributed by atoms with Gasteiger partial charge in [-0.25, -0.2) is 0 Å². The first-order valence-corrected chi connectivity index (χ1v) is 5.92. The van der Waals surface area contributed by atoms with Gasteiger partial charge in [0.25, 0.3) is 0 Å². The molecule has 0 spiro atoms. The molecule has 0 unspecified atom stereocenters. The Labute approximate surface area is 104 Å². The summed E-state index contributed by atoms with van der Waals surface area (Å²) in [7, 11) is 0. The van der Waals surface area contributed by atoms with Crippen molar-refractivity contribution in [2.75, 3.05) is 19.6 Å². The number of hydrogen-bond acceptors (Lipinski definition) is 3. The molecule has 0 aromatic carbocycles. The molecule has 1 rings (SSSR count). The summed E-state index contributed by atoms with van der Waals surface area (Å²) in [6, 6.07) is 0. The Bertz CT molecular complexity index is 275. The largest absolute Gasteiger partial charge is 0.390 e. The molecule has 0 aromatic heterocycles. The Hall–Kier alpha value is -0.430. The zero-order valence-electron chi connectivity index (χ0n) is 9.68. The van der Waals surface area contributed by atoms with Gasteiger partial charge in [-0.1, -0.05) is 19.7 Å². The van der Waals surface area contributed by atoms with Gasteiger partial charge in [0.1, 0.15) is 0 Å². The van der Waals surface area contributed by atoms with Gasteiger partial charge in [0.15, 0.2) is 0 Å². The van der Waals surface area contributed by atoms with Crippen LogP contribution < -0.4 is 5.32 Å². The molecule has 0 saturated carbocycles. The summed E-state index contributed by atoms with van der Waals surface area (Å²) < 4.78 is 37.6. The predicted octanol–water partition coefficient (Wildman–Crippen LogP) is 2.00. The van der Waals surface area contributed by atoms with Gasteiger partial charge in [-0.05, 0) is 12.8 Å². The van der Waals surface area contributed by atoms with E-state index in [1.807, 2.05) is 4.31 Å². The van der Waals surface area contributed by atoms with Crippen molar-refractivity contribution in [1.29, 1.82) is 0 Å². The van der Waals surface area contributed by atoms with Gasteiger partial charge >= 0.3 is 6.18 Å². The molecule has 1 N–H and O–H groups in total. The number of nitrogens with zero attached hydrogens (tertiary/aromatic N) is 1. The molecular weight excluding hydrogens is 253 g/mol. The summed E-state index contributed by atoms with van der Waals surface area (Å²) >= 11 is 4.17. The zero-order valence-corrected chi connectivity index (χ0v) is 10.6. The highest BCUT2D eigenvalue weighted by Crippen LogP contribution is 2.31. The molecule has 1 saturated heterocycles. The Morgan fingerprint density at radius 1 is 1.41 bits per heavy atom. The molecule has 1 aliphatic rings. The van der Waals surface area contributed by atoms with Gasteiger partial charge in [0.05, 0.1) is 6.42 Å². The van der Waals surface area contributed by atoms with Crippen LogP contribution in [0.5, 0.6) is 0 Å². The molecule has 0 atom stereocenters. The Kier molecular flexibility index (Phi) is 4.71. The third-order valence-corrected chi connectivity index (χ3v) is 3.49. The van der Waals surface area contributed by atoms with Crippen LogP contribution in [0.4, 0.5) is 13.2 Å². The topological polar surface area (TPSA) is 32.3 Å². The molecule has 17 heavy (non-hydrogen) atoms. The molecule has 100 valence electrons. The van der Waals surface area contributed by atoms with E-state index < -0.39 is 18.0 Å². The number of amides is 1. The molecule has 0 bridgehead atoms. The van der Waals surface area contributed by atoms with Gasteiger partial charge < -0.3 is 5.32 Å². The summed E-state index contributed by atoms with van der Waals surface area (Å²) in [5.41, 5.74) is -0.565. The first-order valence-electron chi connectivity index (χ1n) is 5.52. The van der Waals surface area contributed by atoms with Crippen molar-refractivity contribution in [3.63, 3.8) is 0 Å². The van der Waals surface area contributed by atoms with Crippen LogP contribution in [0.1, 0.15) is 26.2 Å². The minimum Gasteiger partial charge on any atom is -0.355 e. The number of carbonyl (C=O) groups excluding carboxylic acids is 1. The highest BCUT2D eigenvalue weighted by Gasteiger charge is 2.36. The van der Waals surface area contributed by atoms with E-state index in [-0.39, 0.29) is 12.5 Å². The maximum atomic E-state index is 11.9. The fraction of sp³-hybridized carbons (Fsp3) is 0.900. The number of rotatable bonds is 3. The summed E-state index contributed by atoms with van der Waals surface area (Å²) in [5, 5.41) is 2.36. The number of carbonyl (C=O) groups is 1. The molecule has 0 radical (unpaired) electrons. The van der Waals surface area contributed by atoms with Gasteiger partial charge in [0.2, 0.25) is 5.91 Å². The van der Waals surface area contributed by atoms with Crippen molar-refractivity contribution in [1.82, 2.24) is 9.62 Å². The van der Waals surface area contributed by atoms with E-state index in [1.54, 1.807) is 6.92 Å². The van der Waals surface area contributed by atoms with Gasteiger partial charge in [-0.15, -0.1) is 0 Å². The average molecular weight is 270 g/mol. The van der Waals surface area contributed by atoms with E-state index in [0.29, 0.717) is 25.9 Å². The van der Waals surface area contributed by atoms with Crippen LogP contribution >= 0.6 is 12.8 Å². The van der Waals surface area contributed by atoms with Crippen LogP contribution in [-0.2, 0) is 4.79 Å². The second kappa shape index (κ2) is 5.48. The standard InChI is InChI=1S/C10H17F3N2OS/c1-9(3-6-15(17)7-4-9)8(16)14-5-2-10(11,12)13/h17H,2-7H2,1H3,(H,14,16). The zero-order chi connectivity index (χ0) is 13.1. The second-order valence-corrected chi connectivity index (χ2v) is 5.20. The first kappa shape index (κ1) is 14.6. The normalized spacial score (nSPS) is 21.2. The molecule has 1 fully saturated rings. The number of alkyl halides is 3. The SMILES string of the molecule is CC1(C(=O)NCCC(F)(F)F)CCN(S)CC1. The molecule has 0 aromatic rings. The maximum absolute atomic E-state index is 11.9. The molecule has 7 heteroatoms. The lowest BCUT2D eigenvalue weighted by Gasteiger charge is -2.35. The summed E-state index contributed by atoms with van der Waals surface area (Å²) in [4.78, 5) is 11.8. The van der Waals surface area contributed by atoms with E-state index in [4.69, 9.17) is 0 Å². The van der Waals surface area contributed by atoms with Gasteiger partial charge in [-0.2, -0.15) is 13.2 Å². The number of halogens is 3. The monoisotopic (exact) mass is 270 g/mol. The van der Waals surface area contributed by atoms with E-state index in [1.165, 1.54) is 0 Å². The smallest absolute Gasteiger partial charge is 0.355 e. The Morgan fingerprint density at radius 3 is 2.41 bits per heavy atom. The van der Waals surface area contributed by atoms with Gasteiger partial charge in [-0.3, -0.25) is 9.10 Å². The van der Waals surface area contributed by atoms with Crippen molar-refractivity contribution < 1.29 is 18.0 Å². The lowest BCUT2D eigenvalue weighted by atomic mass is 9.80. The van der Waals surface area contributed by atoms with Crippen LogP contribution in [0.2, 0.25) is 0 Å². The van der Waals surface area contributed by atoms with Crippen molar-refractivity contribution in [3.8, 4) is 0 Å². The summed E-state index contributed by atoms with van der Waals surface area (Å²) in [6.45, 7) is 2.79. The van der Waals surface area contributed by atoms with Crippen LogP contribution in [0.15, 0.2) is 0 Å². The minimum atomic E-state index is -4.22. The van der Waals surface area contributed by atoms with E-state index in [9.17, 15) is 18.0 Å². The molecular formula is C10H17F3N2OS. The third-order valence-electron chi connectivity index (χ3n) is 3.09. The van der Waals surface area contributed by atoms with Crippen molar-refractivity contribution in [3.05, 3.63) is 0 Å². The number of thiol groups is 1.